The normalized spacial score (nSPS) is 21.0. The van der Waals surface area contributed by atoms with E-state index in [0.717, 1.165) is 48.5 Å². The van der Waals surface area contributed by atoms with Crippen LogP contribution >= 0.6 is 0 Å². The zero-order valence-corrected chi connectivity index (χ0v) is 13.9. The van der Waals surface area contributed by atoms with E-state index >= 15 is 0 Å². The fourth-order valence-corrected chi connectivity index (χ4v) is 3.16. The summed E-state index contributed by atoms with van der Waals surface area (Å²) in [4.78, 5) is 8.69. The lowest BCUT2D eigenvalue weighted by Gasteiger charge is -2.26. The van der Waals surface area contributed by atoms with Gasteiger partial charge in [-0.1, -0.05) is 6.07 Å². The van der Waals surface area contributed by atoms with E-state index in [0.29, 0.717) is 6.04 Å². The van der Waals surface area contributed by atoms with Crippen LogP contribution in [-0.4, -0.2) is 36.8 Å². The van der Waals surface area contributed by atoms with Crippen LogP contribution in [0, 0.1) is 0 Å². The lowest BCUT2D eigenvalue weighted by molar-refractivity contribution is 0.126. The summed E-state index contributed by atoms with van der Waals surface area (Å²) in [6.45, 7) is 0. The van der Waals surface area contributed by atoms with Crippen LogP contribution < -0.4 is 5.32 Å². The van der Waals surface area contributed by atoms with E-state index in [1.807, 2.05) is 53.2 Å². The van der Waals surface area contributed by atoms with Crippen LogP contribution in [-0.2, 0) is 0 Å². The number of aromatic nitrogens is 4. The number of nitrogens with one attached hydrogen (secondary N) is 1. The number of rotatable bonds is 4. The number of anilines is 1. The maximum Gasteiger partial charge on any atom is 0.154 e. The molecule has 1 aliphatic carbocycles. The number of fused-ring (bicyclic) bond motifs is 1. The van der Waals surface area contributed by atoms with E-state index in [1.54, 1.807) is 6.20 Å². The second-order valence-electron chi connectivity index (χ2n) is 6.41. The van der Waals surface area contributed by atoms with Crippen LogP contribution in [0.1, 0.15) is 37.1 Å². The minimum absolute atomic E-state index is 0.148. The minimum atomic E-state index is -0.148. The van der Waals surface area contributed by atoms with Crippen molar-refractivity contribution in [1.82, 2.24) is 19.6 Å². The smallest absolute Gasteiger partial charge is 0.154 e. The van der Waals surface area contributed by atoms with E-state index in [9.17, 15) is 5.11 Å². The third-order valence-electron chi connectivity index (χ3n) is 4.55. The molecule has 0 bridgehead atoms. The van der Waals surface area contributed by atoms with Gasteiger partial charge in [0.1, 0.15) is 5.82 Å². The van der Waals surface area contributed by atoms with Gasteiger partial charge in [0.05, 0.1) is 23.7 Å². The largest absolute Gasteiger partial charge is 0.393 e. The minimum Gasteiger partial charge on any atom is -0.393 e. The molecule has 128 valence electrons. The van der Waals surface area contributed by atoms with Crippen molar-refractivity contribution in [3.8, 4) is 0 Å². The van der Waals surface area contributed by atoms with Gasteiger partial charge in [0, 0.05) is 12.2 Å². The van der Waals surface area contributed by atoms with Crippen molar-refractivity contribution in [3.05, 3.63) is 54.1 Å². The molecule has 4 rings (SSSR count). The summed E-state index contributed by atoms with van der Waals surface area (Å²) in [5.74, 6) is 0.833. The first-order chi connectivity index (χ1) is 12.3. The molecule has 6 heteroatoms. The van der Waals surface area contributed by atoms with E-state index < -0.39 is 0 Å². The van der Waals surface area contributed by atoms with Crippen LogP contribution in [0.2, 0.25) is 0 Å². The molecule has 1 aliphatic rings. The molecule has 0 aliphatic heterocycles. The maximum atomic E-state index is 9.63. The standard InChI is InChI=1S/C19H21N5O/c25-17-8-5-15(6-9-17)22-18-10-11-19-21-13-16(24(19)23-18)7-4-14-3-1-2-12-20-14/h1-4,7,10-13,15,17,25H,5-6,8-9H2,(H,22,23). The van der Waals surface area contributed by atoms with Gasteiger partial charge in [0.15, 0.2) is 5.65 Å². The Balaban J connectivity index is 1.54. The second kappa shape index (κ2) is 7.03. The monoisotopic (exact) mass is 335 g/mol. The lowest BCUT2D eigenvalue weighted by atomic mass is 9.93. The fraction of sp³-hybridized carbons (Fsp3) is 0.316. The zero-order valence-electron chi connectivity index (χ0n) is 13.9. The average molecular weight is 335 g/mol. The van der Waals surface area contributed by atoms with Crippen LogP contribution in [0.4, 0.5) is 5.82 Å². The summed E-state index contributed by atoms with van der Waals surface area (Å²) in [6, 6.07) is 10.1. The second-order valence-corrected chi connectivity index (χ2v) is 6.41. The average Bonchev–Trinajstić information content (AvgIpc) is 3.05. The van der Waals surface area contributed by atoms with Crippen LogP contribution in [0.25, 0.3) is 17.8 Å². The molecule has 6 nitrogen and oxygen atoms in total. The first-order valence-electron chi connectivity index (χ1n) is 8.66. The Morgan fingerprint density at radius 3 is 2.72 bits per heavy atom. The highest BCUT2D eigenvalue weighted by atomic mass is 16.3. The van der Waals surface area contributed by atoms with Gasteiger partial charge in [0.25, 0.3) is 0 Å². The number of pyridine rings is 1. The van der Waals surface area contributed by atoms with Crippen molar-refractivity contribution in [2.75, 3.05) is 5.32 Å². The summed E-state index contributed by atoms with van der Waals surface area (Å²) in [7, 11) is 0. The predicted octanol–water partition coefficient (Wildman–Crippen LogP) is 3.01. The van der Waals surface area contributed by atoms with Gasteiger partial charge in [-0.15, -0.1) is 5.10 Å². The quantitative estimate of drug-likeness (QED) is 0.766. The highest BCUT2D eigenvalue weighted by molar-refractivity contribution is 5.67. The molecule has 0 spiro atoms. The highest BCUT2D eigenvalue weighted by Gasteiger charge is 2.19. The molecule has 0 saturated heterocycles. The van der Waals surface area contributed by atoms with Crippen molar-refractivity contribution < 1.29 is 5.11 Å². The topological polar surface area (TPSA) is 75.3 Å². The van der Waals surface area contributed by atoms with Crippen molar-refractivity contribution in [1.29, 1.82) is 0 Å². The summed E-state index contributed by atoms with van der Waals surface area (Å²) >= 11 is 0. The number of aliphatic hydroxyl groups is 1. The molecule has 3 heterocycles. The van der Waals surface area contributed by atoms with Crippen LogP contribution in [0.15, 0.2) is 42.7 Å². The number of imidazole rings is 1. The van der Waals surface area contributed by atoms with Crippen LogP contribution in [0.5, 0.6) is 0 Å². The molecular formula is C19H21N5O. The van der Waals surface area contributed by atoms with E-state index in [4.69, 9.17) is 0 Å². The Hall–Kier alpha value is -2.73. The number of nitrogens with zero attached hydrogens (tertiary/aromatic N) is 4. The molecule has 0 atom stereocenters. The number of hydrogen-bond acceptors (Lipinski definition) is 5. The lowest BCUT2D eigenvalue weighted by Crippen LogP contribution is -2.28. The highest BCUT2D eigenvalue weighted by Crippen LogP contribution is 2.21. The molecular weight excluding hydrogens is 314 g/mol. The Morgan fingerprint density at radius 2 is 1.92 bits per heavy atom. The van der Waals surface area contributed by atoms with E-state index in [1.165, 1.54) is 0 Å². The van der Waals surface area contributed by atoms with E-state index in [-0.39, 0.29) is 6.10 Å². The molecule has 2 N–H and O–H groups in total. The number of aliphatic hydroxyl groups excluding tert-OH is 1. The summed E-state index contributed by atoms with van der Waals surface area (Å²) in [5, 5.41) is 17.8. The molecule has 25 heavy (non-hydrogen) atoms. The summed E-state index contributed by atoms with van der Waals surface area (Å²) < 4.78 is 1.83. The Bertz CT molecular complexity index is 866. The Kier molecular flexibility index (Phi) is 4.43. The molecule has 0 unspecified atom stereocenters. The van der Waals surface area contributed by atoms with Crippen molar-refractivity contribution >= 4 is 23.6 Å². The van der Waals surface area contributed by atoms with Crippen molar-refractivity contribution in [2.45, 2.75) is 37.8 Å². The van der Waals surface area contributed by atoms with Gasteiger partial charge in [0.2, 0.25) is 0 Å². The van der Waals surface area contributed by atoms with Crippen molar-refractivity contribution in [3.63, 3.8) is 0 Å². The first kappa shape index (κ1) is 15.8. The molecule has 0 radical (unpaired) electrons. The molecule has 3 aromatic heterocycles. The van der Waals surface area contributed by atoms with Gasteiger partial charge in [-0.05, 0) is 62.1 Å². The molecule has 1 saturated carbocycles. The Morgan fingerprint density at radius 1 is 1.04 bits per heavy atom. The zero-order chi connectivity index (χ0) is 17.1. The first-order valence-corrected chi connectivity index (χ1v) is 8.66. The third kappa shape index (κ3) is 3.69. The molecule has 3 aromatic rings. The SMILES string of the molecule is OC1CCC(Nc2ccc3ncc(C=Cc4ccccn4)n3n2)CC1. The third-order valence-corrected chi connectivity index (χ3v) is 4.55. The van der Waals surface area contributed by atoms with Gasteiger partial charge in [-0.3, -0.25) is 4.98 Å². The van der Waals surface area contributed by atoms with Gasteiger partial charge in [-0.25, -0.2) is 9.50 Å². The van der Waals surface area contributed by atoms with Gasteiger partial charge in [-0.2, -0.15) is 0 Å². The van der Waals surface area contributed by atoms with Gasteiger partial charge >= 0.3 is 0 Å². The molecule has 0 aromatic carbocycles. The van der Waals surface area contributed by atoms with E-state index in [2.05, 4.69) is 20.4 Å². The van der Waals surface area contributed by atoms with Crippen LogP contribution in [0.3, 0.4) is 0 Å². The summed E-state index contributed by atoms with van der Waals surface area (Å²) in [6.07, 6.45) is 11.0. The molecule has 0 amide bonds. The van der Waals surface area contributed by atoms with Crippen molar-refractivity contribution in [2.24, 2.45) is 0 Å². The molecule has 1 fully saturated rings. The Labute approximate surface area is 146 Å². The maximum absolute atomic E-state index is 9.63. The predicted molar refractivity (Wildman–Crippen MR) is 98.0 cm³/mol. The number of hydrogen-bond donors (Lipinski definition) is 2. The summed E-state index contributed by atoms with van der Waals surface area (Å²) in [5.41, 5.74) is 2.61. The fourth-order valence-electron chi connectivity index (χ4n) is 3.16. The van der Waals surface area contributed by atoms with Gasteiger partial charge < -0.3 is 10.4 Å².